The lowest BCUT2D eigenvalue weighted by atomic mass is 10.0. The van der Waals surface area contributed by atoms with Gasteiger partial charge in [0, 0.05) is 19.3 Å². The molecule has 1 aliphatic heterocycles. The van der Waals surface area contributed by atoms with Crippen molar-refractivity contribution < 1.29 is 9.53 Å². The quantitative estimate of drug-likeness (QED) is 0.128. The van der Waals surface area contributed by atoms with Crippen LogP contribution in [0.15, 0.2) is 59.5 Å². The lowest BCUT2D eigenvalue weighted by molar-refractivity contribution is 0.0951. The van der Waals surface area contributed by atoms with E-state index in [2.05, 4.69) is 66.5 Å². The number of nitrogens with one attached hydrogen (secondary N) is 2. The SMILES string of the molecule is CCCCNc1ccc2c(=O)c(C(=O)NCCCCN(C)C)cn3c2c1Oc1cc2ccccc2cc1-3.CCCN(C)CCC. The molecule has 0 bridgehead atoms. The number of ether oxygens (including phenoxy) is 1. The van der Waals surface area contributed by atoms with Crippen LogP contribution in [-0.2, 0) is 0 Å². The van der Waals surface area contributed by atoms with Crippen molar-refractivity contribution in [1.82, 2.24) is 19.7 Å². The minimum atomic E-state index is -0.346. The van der Waals surface area contributed by atoms with Gasteiger partial charge in [-0.2, -0.15) is 0 Å². The minimum Gasteiger partial charge on any atom is -0.451 e. The van der Waals surface area contributed by atoms with Crippen molar-refractivity contribution in [2.24, 2.45) is 0 Å². The van der Waals surface area contributed by atoms with Crippen molar-refractivity contribution in [2.75, 3.05) is 59.2 Å². The highest BCUT2D eigenvalue weighted by atomic mass is 16.5. The van der Waals surface area contributed by atoms with E-state index in [4.69, 9.17) is 4.74 Å². The van der Waals surface area contributed by atoms with Gasteiger partial charge >= 0.3 is 0 Å². The number of nitrogens with zero attached hydrogens (tertiary/aromatic N) is 3. The van der Waals surface area contributed by atoms with Crippen molar-refractivity contribution in [2.45, 2.75) is 59.3 Å². The molecule has 1 amide bonds. The molecule has 0 radical (unpaired) electrons. The van der Waals surface area contributed by atoms with Crippen molar-refractivity contribution in [3.8, 4) is 17.2 Å². The molecule has 1 aliphatic rings. The van der Waals surface area contributed by atoms with Crippen molar-refractivity contribution in [3.05, 3.63) is 70.5 Å². The van der Waals surface area contributed by atoms with E-state index < -0.39 is 0 Å². The van der Waals surface area contributed by atoms with Gasteiger partial charge in [-0.25, -0.2) is 0 Å². The first kappa shape index (κ1) is 34.0. The number of aromatic nitrogens is 1. The fourth-order valence-corrected chi connectivity index (χ4v) is 5.70. The Morgan fingerprint density at radius 3 is 2.22 bits per heavy atom. The molecule has 0 atom stereocenters. The second kappa shape index (κ2) is 16.4. The highest BCUT2D eigenvalue weighted by Crippen LogP contribution is 2.45. The number of carbonyl (C=O) groups is 1. The predicted molar refractivity (Wildman–Crippen MR) is 189 cm³/mol. The molecule has 8 heteroatoms. The van der Waals surface area contributed by atoms with Gasteiger partial charge in [0.15, 0.2) is 11.5 Å². The summed E-state index contributed by atoms with van der Waals surface area (Å²) in [5.41, 5.74) is 2.18. The summed E-state index contributed by atoms with van der Waals surface area (Å²) < 4.78 is 8.41. The number of pyridine rings is 1. The van der Waals surface area contributed by atoms with Crippen LogP contribution < -0.4 is 20.8 Å². The van der Waals surface area contributed by atoms with Gasteiger partial charge in [-0.05, 0) is 108 Å². The fraction of sp³-hybridized carbons (Fsp3) is 0.459. The molecule has 0 aliphatic carbocycles. The molecule has 0 spiro atoms. The monoisotopic (exact) mass is 613 g/mol. The molecule has 0 fully saturated rings. The minimum absolute atomic E-state index is 0.138. The van der Waals surface area contributed by atoms with Gasteiger partial charge in [0.1, 0.15) is 11.1 Å². The van der Waals surface area contributed by atoms with Crippen LogP contribution in [-0.4, -0.2) is 74.1 Å². The molecule has 2 N–H and O–H groups in total. The first-order valence-electron chi connectivity index (χ1n) is 16.6. The van der Waals surface area contributed by atoms with Gasteiger partial charge in [-0.15, -0.1) is 0 Å². The first-order valence-corrected chi connectivity index (χ1v) is 16.6. The van der Waals surface area contributed by atoms with E-state index in [1.807, 2.05) is 42.9 Å². The predicted octanol–water partition coefficient (Wildman–Crippen LogP) is 7.27. The number of unbranched alkanes of at least 4 members (excludes halogenated alkanes) is 2. The summed E-state index contributed by atoms with van der Waals surface area (Å²) in [4.78, 5) is 31.2. The van der Waals surface area contributed by atoms with E-state index in [1.54, 1.807) is 12.3 Å². The average Bonchev–Trinajstić information content (AvgIpc) is 3.02. The summed E-state index contributed by atoms with van der Waals surface area (Å²) in [6.45, 7) is 11.4. The fourth-order valence-electron chi connectivity index (χ4n) is 5.70. The zero-order chi connectivity index (χ0) is 32.3. The van der Waals surface area contributed by atoms with Crippen LogP contribution in [0.3, 0.4) is 0 Å². The summed E-state index contributed by atoms with van der Waals surface area (Å²) in [7, 11) is 6.24. The molecular weight excluding hydrogens is 562 g/mol. The maximum absolute atomic E-state index is 13.5. The molecule has 1 aromatic heterocycles. The third-order valence-electron chi connectivity index (χ3n) is 8.04. The molecule has 0 unspecified atom stereocenters. The molecular formula is C37H51N5O3. The second-order valence-electron chi connectivity index (χ2n) is 12.2. The first-order chi connectivity index (χ1) is 21.8. The molecule has 2 heterocycles. The zero-order valence-electron chi connectivity index (χ0n) is 28.0. The number of hydrogen-bond donors (Lipinski definition) is 2. The van der Waals surface area contributed by atoms with Crippen LogP contribution in [0.1, 0.15) is 69.7 Å². The molecule has 3 aromatic carbocycles. The van der Waals surface area contributed by atoms with Gasteiger partial charge < -0.3 is 29.7 Å². The molecule has 45 heavy (non-hydrogen) atoms. The van der Waals surface area contributed by atoms with Gasteiger partial charge in [0.2, 0.25) is 5.43 Å². The van der Waals surface area contributed by atoms with E-state index in [0.717, 1.165) is 60.9 Å². The van der Waals surface area contributed by atoms with Crippen LogP contribution >= 0.6 is 0 Å². The maximum atomic E-state index is 13.5. The highest BCUT2D eigenvalue weighted by Gasteiger charge is 2.26. The Labute approximate surface area is 268 Å². The Hall–Kier alpha value is -3.88. The largest absolute Gasteiger partial charge is 0.451 e. The van der Waals surface area contributed by atoms with Crippen LogP contribution in [0.25, 0.3) is 27.4 Å². The number of carbonyl (C=O) groups excluding carboxylic acids is 1. The number of amides is 1. The Balaban J connectivity index is 0.000000510. The van der Waals surface area contributed by atoms with E-state index in [1.165, 1.54) is 25.9 Å². The Morgan fingerprint density at radius 1 is 0.844 bits per heavy atom. The third-order valence-corrected chi connectivity index (χ3v) is 8.04. The average molecular weight is 614 g/mol. The van der Waals surface area contributed by atoms with Gasteiger partial charge in [-0.3, -0.25) is 9.59 Å². The van der Waals surface area contributed by atoms with Crippen molar-refractivity contribution in [3.63, 3.8) is 0 Å². The molecule has 5 rings (SSSR count). The van der Waals surface area contributed by atoms with E-state index in [9.17, 15) is 9.59 Å². The smallest absolute Gasteiger partial charge is 0.256 e. The maximum Gasteiger partial charge on any atom is 0.256 e. The number of benzene rings is 3. The number of hydrogen-bond acceptors (Lipinski definition) is 6. The normalized spacial score (nSPS) is 11.7. The summed E-state index contributed by atoms with van der Waals surface area (Å²) in [6.07, 6.45) is 8.15. The zero-order valence-corrected chi connectivity index (χ0v) is 28.0. The lowest BCUT2D eigenvalue weighted by Crippen LogP contribution is -2.31. The van der Waals surface area contributed by atoms with E-state index in [0.29, 0.717) is 28.9 Å². The summed E-state index contributed by atoms with van der Waals surface area (Å²) in [5.74, 6) is 0.959. The van der Waals surface area contributed by atoms with Crippen LogP contribution in [0.2, 0.25) is 0 Å². The van der Waals surface area contributed by atoms with Gasteiger partial charge in [0.05, 0.1) is 16.8 Å². The summed E-state index contributed by atoms with van der Waals surface area (Å²) in [5, 5.41) is 9.01. The Kier molecular flexibility index (Phi) is 12.4. The van der Waals surface area contributed by atoms with Gasteiger partial charge in [-0.1, -0.05) is 51.5 Å². The Bertz CT molecular complexity index is 1640. The second-order valence-corrected chi connectivity index (χ2v) is 12.2. The van der Waals surface area contributed by atoms with Gasteiger partial charge in [0.25, 0.3) is 5.91 Å². The third kappa shape index (κ3) is 8.44. The molecule has 242 valence electrons. The summed E-state index contributed by atoms with van der Waals surface area (Å²) in [6, 6.07) is 15.9. The van der Waals surface area contributed by atoms with Crippen molar-refractivity contribution in [1.29, 1.82) is 0 Å². The van der Waals surface area contributed by atoms with Crippen LogP contribution in [0, 0.1) is 0 Å². The van der Waals surface area contributed by atoms with E-state index >= 15 is 0 Å². The van der Waals surface area contributed by atoms with E-state index in [-0.39, 0.29) is 16.9 Å². The number of fused-ring (bicyclic) bond motifs is 3. The van der Waals surface area contributed by atoms with Crippen LogP contribution in [0.5, 0.6) is 11.5 Å². The number of rotatable bonds is 14. The topological polar surface area (TPSA) is 78.8 Å². The number of anilines is 1. The molecule has 0 saturated heterocycles. The summed E-state index contributed by atoms with van der Waals surface area (Å²) >= 11 is 0. The molecule has 0 saturated carbocycles. The molecule has 8 nitrogen and oxygen atoms in total. The Morgan fingerprint density at radius 2 is 1.56 bits per heavy atom. The molecule has 4 aromatic rings. The van der Waals surface area contributed by atoms with Crippen LogP contribution in [0.4, 0.5) is 5.69 Å². The lowest BCUT2D eigenvalue weighted by Gasteiger charge is -2.26. The standard InChI is InChI=1S/C30H34N4O3.C7H17N/c1-4-5-14-31-24-13-12-22-27-29(24)37-26-18-21-11-7-6-10-20(21)17-25(26)34(27)19-23(28(22)35)30(36)32-15-8-9-16-33(2)3;1-4-6-8(3)7-5-2/h6-7,10-13,17-19,31H,4-5,8-9,14-16H2,1-3H3,(H,32,36);4-7H2,1-3H3. The highest BCUT2D eigenvalue weighted by molar-refractivity contribution is 6.01. The van der Waals surface area contributed by atoms with Crippen molar-refractivity contribution >= 4 is 33.3 Å².